The fourth-order valence-electron chi connectivity index (χ4n) is 9.43. The second-order valence-corrected chi connectivity index (χ2v) is 15.4. The number of hydrogen-bond acceptors (Lipinski definition) is 1. The van der Waals surface area contributed by atoms with Gasteiger partial charge in [-0.05, 0) is 118 Å². The first kappa shape index (κ1) is 32.6. The Labute approximate surface area is 336 Å². The van der Waals surface area contributed by atoms with Crippen molar-refractivity contribution in [1.82, 2.24) is 4.98 Å². The van der Waals surface area contributed by atoms with Crippen molar-refractivity contribution in [3.05, 3.63) is 212 Å². The minimum absolute atomic E-state index is 1.01. The number of nitrogens with zero attached hydrogens (tertiary/aromatic N) is 1. The van der Waals surface area contributed by atoms with Crippen LogP contribution in [0.2, 0.25) is 0 Å². The molecule has 0 N–H and O–H groups in total. The summed E-state index contributed by atoms with van der Waals surface area (Å²) in [6, 6.07) is 77.8. The molecule has 0 bridgehead atoms. The minimum atomic E-state index is 1.01. The lowest BCUT2D eigenvalue weighted by molar-refractivity contribution is 1.43. The van der Waals surface area contributed by atoms with Crippen molar-refractivity contribution >= 4 is 75.5 Å². The topological polar surface area (TPSA) is 12.9 Å². The van der Waals surface area contributed by atoms with Crippen LogP contribution in [0.4, 0.5) is 0 Å². The van der Waals surface area contributed by atoms with Gasteiger partial charge in [0.15, 0.2) is 0 Å². The molecule has 0 aliphatic carbocycles. The van der Waals surface area contributed by atoms with E-state index in [1.165, 1.54) is 98.0 Å². The summed E-state index contributed by atoms with van der Waals surface area (Å²) in [5.41, 5.74) is 10.5. The van der Waals surface area contributed by atoms with E-state index >= 15 is 0 Å². The van der Waals surface area contributed by atoms with E-state index in [2.05, 4.69) is 212 Å². The molecule has 0 spiro atoms. The Bertz CT molecular complexity index is 3610. The van der Waals surface area contributed by atoms with Gasteiger partial charge in [-0.25, -0.2) is 4.98 Å². The highest BCUT2D eigenvalue weighted by atomic mass is 14.7. The van der Waals surface area contributed by atoms with Crippen LogP contribution in [0.25, 0.3) is 120 Å². The lowest BCUT2D eigenvalue weighted by Gasteiger charge is -2.17. The van der Waals surface area contributed by atoms with Crippen LogP contribution in [-0.4, -0.2) is 4.98 Å². The molecule has 58 heavy (non-hydrogen) atoms. The number of pyridine rings is 1. The number of para-hydroxylation sites is 1. The Morgan fingerprint density at radius 3 is 1.69 bits per heavy atom. The molecule has 11 aromatic carbocycles. The molecular weight excluding hydrogens is 699 g/mol. The Hall–Kier alpha value is -7.61. The average molecular weight is 734 g/mol. The van der Waals surface area contributed by atoms with E-state index in [9.17, 15) is 0 Å². The lowest BCUT2D eigenvalue weighted by atomic mass is 9.87. The third-order valence-electron chi connectivity index (χ3n) is 12.2. The number of fused-ring (bicyclic) bond motifs is 9. The summed E-state index contributed by atoms with van der Waals surface area (Å²) in [6.07, 6.45) is 0. The summed E-state index contributed by atoms with van der Waals surface area (Å²) in [5, 5.41) is 16.1. The van der Waals surface area contributed by atoms with E-state index < -0.39 is 0 Å². The van der Waals surface area contributed by atoms with Crippen molar-refractivity contribution in [2.45, 2.75) is 0 Å². The fourth-order valence-corrected chi connectivity index (χ4v) is 9.43. The lowest BCUT2D eigenvalue weighted by Crippen LogP contribution is -1.93. The van der Waals surface area contributed by atoms with Crippen LogP contribution in [0.5, 0.6) is 0 Å². The molecule has 0 saturated carbocycles. The zero-order chi connectivity index (χ0) is 38.2. The van der Waals surface area contributed by atoms with Crippen LogP contribution >= 0.6 is 0 Å². The monoisotopic (exact) mass is 733 g/mol. The SMILES string of the molecule is c1ccc2cc(-c3nc4ccccc4c4c3cc(-c3ccc(-c5ccc6cc7ccccc7c(-c7cccc8ccccc78)c6c5)cc3)c3ccccc34)ccc2c1. The Morgan fingerprint density at radius 2 is 0.845 bits per heavy atom. The summed E-state index contributed by atoms with van der Waals surface area (Å²) in [4.78, 5) is 5.37. The van der Waals surface area contributed by atoms with E-state index in [4.69, 9.17) is 4.98 Å². The Morgan fingerprint density at radius 1 is 0.259 bits per heavy atom. The molecule has 0 amide bonds. The highest BCUT2D eigenvalue weighted by Crippen LogP contribution is 2.44. The second-order valence-electron chi connectivity index (χ2n) is 15.4. The van der Waals surface area contributed by atoms with Gasteiger partial charge in [-0.3, -0.25) is 0 Å². The van der Waals surface area contributed by atoms with Gasteiger partial charge in [-0.1, -0.05) is 182 Å². The third-order valence-corrected chi connectivity index (χ3v) is 12.2. The Kier molecular flexibility index (Phi) is 7.30. The van der Waals surface area contributed by atoms with Gasteiger partial charge >= 0.3 is 0 Å². The molecule has 0 aliphatic rings. The molecular formula is C57H35N. The van der Waals surface area contributed by atoms with E-state index in [-0.39, 0.29) is 0 Å². The number of benzene rings is 11. The van der Waals surface area contributed by atoms with Gasteiger partial charge < -0.3 is 0 Å². The molecule has 0 radical (unpaired) electrons. The van der Waals surface area contributed by atoms with Crippen LogP contribution in [0.1, 0.15) is 0 Å². The van der Waals surface area contributed by atoms with Crippen molar-refractivity contribution in [3.63, 3.8) is 0 Å². The summed E-state index contributed by atoms with van der Waals surface area (Å²) < 4.78 is 0. The molecule has 12 aromatic rings. The smallest absolute Gasteiger partial charge is 0.0788 e. The maximum atomic E-state index is 5.37. The Balaban J connectivity index is 1.04. The highest BCUT2D eigenvalue weighted by Gasteiger charge is 2.18. The van der Waals surface area contributed by atoms with E-state index in [0.717, 1.165) is 22.2 Å². The van der Waals surface area contributed by atoms with Gasteiger partial charge in [-0.15, -0.1) is 0 Å². The highest BCUT2D eigenvalue weighted by molar-refractivity contribution is 6.25. The van der Waals surface area contributed by atoms with Crippen LogP contribution in [-0.2, 0) is 0 Å². The first-order valence-corrected chi connectivity index (χ1v) is 20.0. The summed E-state index contributed by atoms with van der Waals surface area (Å²) in [5.74, 6) is 0. The van der Waals surface area contributed by atoms with Gasteiger partial charge in [0.25, 0.3) is 0 Å². The van der Waals surface area contributed by atoms with Gasteiger partial charge in [0, 0.05) is 21.7 Å². The summed E-state index contributed by atoms with van der Waals surface area (Å²) in [6.45, 7) is 0. The minimum Gasteiger partial charge on any atom is -0.247 e. The molecule has 268 valence electrons. The molecule has 0 fully saturated rings. The van der Waals surface area contributed by atoms with Gasteiger partial charge in [-0.2, -0.15) is 0 Å². The second kappa shape index (κ2) is 13.0. The quantitative estimate of drug-likeness (QED) is 0.130. The zero-order valence-corrected chi connectivity index (χ0v) is 31.7. The molecule has 1 aromatic heterocycles. The number of aromatic nitrogens is 1. The van der Waals surface area contributed by atoms with Crippen molar-refractivity contribution in [3.8, 4) is 44.6 Å². The molecule has 0 atom stereocenters. The largest absolute Gasteiger partial charge is 0.247 e. The summed E-state index contributed by atoms with van der Waals surface area (Å²) >= 11 is 0. The predicted molar refractivity (Wildman–Crippen MR) is 249 cm³/mol. The number of hydrogen-bond donors (Lipinski definition) is 0. The molecule has 1 nitrogen and oxygen atoms in total. The predicted octanol–water partition coefficient (Wildman–Crippen LogP) is 15.8. The first-order chi connectivity index (χ1) is 28.7. The summed E-state index contributed by atoms with van der Waals surface area (Å²) in [7, 11) is 0. The van der Waals surface area contributed by atoms with Gasteiger partial charge in [0.1, 0.15) is 0 Å². The standard InChI is InChI=1S/C57H35N/c1-2-14-40-32-44(31-26-36(40)12-1)57-53-35-51(47-19-7-8-20-49(47)56(53)50-21-9-10-23-54(50)58-57)39-27-24-37(25-28-39)41-29-30-43-33-42-15-4-6-18-46(42)55(52(43)34-41)48-22-11-16-38-13-3-5-17-45(38)48/h1-35H. The normalized spacial score (nSPS) is 11.8. The number of rotatable bonds is 4. The first-order valence-electron chi connectivity index (χ1n) is 20.0. The molecule has 0 saturated heterocycles. The van der Waals surface area contributed by atoms with Crippen molar-refractivity contribution in [2.75, 3.05) is 0 Å². The maximum absolute atomic E-state index is 5.37. The van der Waals surface area contributed by atoms with Gasteiger partial charge in [0.05, 0.1) is 11.2 Å². The van der Waals surface area contributed by atoms with Gasteiger partial charge in [0.2, 0.25) is 0 Å². The average Bonchev–Trinajstić information content (AvgIpc) is 3.29. The molecule has 1 heterocycles. The maximum Gasteiger partial charge on any atom is 0.0788 e. The molecule has 1 heteroatoms. The molecule has 0 unspecified atom stereocenters. The zero-order valence-electron chi connectivity index (χ0n) is 31.7. The van der Waals surface area contributed by atoms with E-state index in [0.29, 0.717) is 0 Å². The van der Waals surface area contributed by atoms with E-state index in [1.807, 2.05) is 0 Å². The third kappa shape index (κ3) is 5.14. The van der Waals surface area contributed by atoms with Crippen molar-refractivity contribution < 1.29 is 0 Å². The van der Waals surface area contributed by atoms with E-state index in [1.54, 1.807) is 0 Å². The van der Waals surface area contributed by atoms with Crippen molar-refractivity contribution in [2.24, 2.45) is 0 Å². The van der Waals surface area contributed by atoms with Crippen LogP contribution in [0.3, 0.4) is 0 Å². The fraction of sp³-hybridized carbons (Fsp3) is 0. The van der Waals surface area contributed by atoms with Crippen LogP contribution < -0.4 is 0 Å². The molecule has 12 rings (SSSR count). The molecule has 0 aliphatic heterocycles. The van der Waals surface area contributed by atoms with Crippen LogP contribution in [0.15, 0.2) is 212 Å². The van der Waals surface area contributed by atoms with Crippen LogP contribution in [0, 0.1) is 0 Å². The van der Waals surface area contributed by atoms with Crippen molar-refractivity contribution in [1.29, 1.82) is 0 Å².